The number of fused-ring (bicyclic) bond motifs is 1. The molecule has 1 fully saturated rings. The van der Waals surface area contributed by atoms with Crippen molar-refractivity contribution in [2.24, 2.45) is 5.73 Å². The Morgan fingerprint density at radius 3 is 2.40 bits per heavy atom. The summed E-state index contributed by atoms with van der Waals surface area (Å²) in [7, 11) is 3.24. The van der Waals surface area contributed by atoms with Gasteiger partial charge in [-0.1, -0.05) is 54.6 Å². The molecular weight excluding hydrogens is 548 g/mol. The van der Waals surface area contributed by atoms with E-state index < -0.39 is 18.2 Å². The van der Waals surface area contributed by atoms with Crippen molar-refractivity contribution >= 4 is 39.8 Å². The third-order valence-corrected chi connectivity index (χ3v) is 9.04. The fourth-order valence-corrected chi connectivity index (χ4v) is 6.00. The van der Waals surface area contributed by atoms with Gasteiger partial charge in [0.2, 0.25) is 17.7 Å². The average molecular weight is 591 g/mol. The Hall–Kier alpha value is -3.53. The third-order valence-electron chi connectivity index (χ3n) is 8.14. The Balaban J connectivity index is 1.60. The number of rotatable bonds is 13. The van der Waals surface area contributed by atoms with Crippen LogP contribution in [0.5, 0.6) is 0 Å². The molecule has 1 aliphatic carbocycles. The Morgan fingerprint density at radius 1 is 1.02 bits per heavy atom. The topological polar surface area (TPSA) is 116 Å². The highest BCUT2D eigenvalue weighted by Gasteiger charge is 2.35. The van der Waals surface area contributed by atoms with Crippen molar-refractivity contribution in [3.05, 3.63) is 82.6 Å². The van der Waals surface area contributed by atoms with Gasteiger partial charge in [0.15, 0.2) is 0 Å². The third kappa shape index (κ3) is 8.06. The molecule has 0 radical (unpaired) electrons. The van der Waals surface area contributed by atoms with Crippen molar-refractivity contribution < 1.29 is 19.5 Å². The molecule has 3 aromatic rings. The Bertz CT molecular complexity index is 1400. The van der Waals surface area contributed by atoms with Crippen molar-refractivity contribution in [1.82, 2.24) is 15.1 Å². The van der Waals surface area contributed by atoms with Crippen LogP contribution in [0.15, 0.2) is 72.1 Å². The molecule has 4 N–H and O–H groups in total. The monoisotopic (exact) mass is 590 g/mol. The van der Waals surface area contributed by atoms with Crippen molar-refractivity contribution in [3.8, 4) is 0 Å². The van der Waals surface area contributed by atoms with E-state index in [1.54, 1.807) is 21.0 Å². The van der Waals surface area contributed by atoms with Gasteiger partial charge in [-0.05, 0) is 66.5 Å². The first-order chi connectivity index (χ1) is 20.1. The van der Waals surface area contributed by atoms with E-state index in [-0.39, 0.29) is 36.2 Å². The Morgan fingerprint density at radius 2 is 1.76 bits per heavy atom. The predicted octanol–water partition coefficient (Wildman–Crippen LogP) is 3.67. The molecule has 1 saturated carbocycles. The first-order valence-corrected chi connectivity index (χ1v) is 15.4. The summed E-state index contributed by atoms with van der Waals surface area (Å²) >= 11 is 1.51. The molecule has 0 aliphatic heterocycles. The number of hydrogen-bond acceptors (Lipinski definition) is 6. The van der Waals surface area contributed by atoms with E-state index in [4.69, 9.17) is 5.73 Å². The number of benzene rings is 2. The highest BCUT2D eigenvalue weighted by atomic mass is 32.1. The summed E-state index contributed by atoms with van der Waals surface area (Å²) in [5, 5.41) is 16.6. The lowest BCUT2D eigenvalue weighted by molar-refractivity contribution is -0.146. The van der Waals surface area contributed by atoms with Gasteiger partial charge >= 0.3 is 0 Å². The predicted molar refractivity (Wildman–Crippen MR) is 168 cm³/mol. The van der Waals surface area contributed by atoms with E-state index in [9.17, 15) is 19.5 Å². The molecule has 8 nitrogen and oxygen atoms in total. The summed E-state index contributed by atoms with van der Waals surface area (Å²) in [6.07, 6.45) is 6.80. The zero-order chi connectivity index (χ0) is 30.3. The van der Waals surface area contributed by atoms with Crippen molar-refractivity contribution in [2.45, 2.75) is 69.2 Å². The summed E-state index contributed by atoms with van der Waals surface area (Å²) < 4.78 is 0. The molecule has 3 atom stereocenters. The minimum Gasteiger partial charge on any atom is -0.392 e. The number of nitrogens with zero attached hydrogens (tertiary/aromatic N) is 2. The second kappa shape index (κ2) is 14.1. The van der Waals surface area contributed by atoms with Crippen LogP contribution in [0.3, 0.4) is 0 Å². The number of carbonyl (C=O) groups excluding carboxylic acids is 3. The van der Waals surface area contributed by atoms with Gasteiger partial charge in [0, 0.05) is 43.9 Å². The van der Waals surface area contributed by atoms with Crippen LogP contribution in [0.25, 0.3) is 10.8 Å². The van der Waals surface area contributed by atoms with E-state index >= 15 is 0 Å². The van der Waals surface area contributed by atoms with Crippen molar-refractivity contribution in [3.63, 3.8) is 0 Å². The van der Waals surface area contributed by atoms with E-state index in [1.807, 2.05) is 66.1 Å². The van der Waals surface area contributed by atoms with E-state index in [1.165, 1.54) is 27.2 Å². The van der Waals surface area contributed by atoms with Gasteiger partial charge in [-0.3, -0.25) is 14.4 Å². The highest BCUT2D eigenvalue weighted by Crippen LogP contribution is 2.32. The molecule has 224 valence electrons. The molecule has 0 spiro atoms. The van der Waals surface area contributed by atoms with Crippen LogP contribution in [0.2, 0.25) is 0 Å². The quantitative estimate of drug-likeness (QED) is 0.263. The number of amides is 3. The number of aliphatic hydroxyl groups excluding tert-OH is 1. The van der Waals surface area contributed by atoms with Gasteiger partial charge < -0.3 is 26.0 Å². The maximum absolute atomic E-state index is 14.2. The second-order valence-corrected chi connectivity index (χ2v) is 12.5. The van der Waals surface area contributed by atoms with Crippen molar-refractivity contribution in [2.75, 3.05) is 20.6 Å². The average Bonchev–Trinajstić information content (AvgIpc) is 3.48. The van der Waals surface area contributed by atoms with Crippen LogP contribution >= 0.6 is 11.3 Å². The molecule has 42 heavy (non-hydrogen) atoms. The molecule has 1 aliphatic rings. The molecule has 2 aromatic carbocycles. The first kappa shape index (κ1) is 31.4. The minimum atomic E-state index is -0.848. The molecule has 1 aromatic heterocycles. The number of nitrogens with one attached hydrogen (secondary N) is 1. The smallest absolute Gasteiger partial charge is 0.246 e. The van der Waals surface area contributed by atoms with E-state index in [0.29, 0.717) is 12.8 Å². The van der Waals surface area contributed by atoms with Gasteiger partial charge in [-0.25, -0.2) is 0 Å². The lowest BCUT2D eigenvalue weighted by atomic mass is 9.75. The summed E-state index contributed by atoms with van der Waals surface area (Å²) in [4.78, 5) is 44.8. The van der Waals surface area contributed by atoms with Crippen LogP contribution in [0, 0.1) is 0 Å². The molecule has 9 heteroatoms. The van der Waals surface area contributed by atoms with Crippen LogP contribution in [0.4, 0.5) is 0 Å². The fraction of sp³-hybridized carbons (Fsp3) is 0.424. The van der Waals surface area contributed by atoms with E-state index in [0.717, 1.165) is 40.5 Å². The molecule has 0 bridgehead atoms. The van der Waals surface area contributed by atoms with Gasteiger partial charge in [0.25, 0.3) is 0 Å². The van der Waals surface area contributed by atoms with Gasteiger partial charge in [-0.2, -0.15) is 0 Å². The zero-order valence-electron chi connectivity index (χ0n) is 24.7. The Kier molecular flexibility index (Phi) is 10.5. The largest absolute Gasteiger partial charge is 0.392 e. The molecule has 0 saturated heterocycles. The fourth-order valence-electron chi connectivity index (χ4n) is 5.26. The van der Waals surface area contributed by atoms with Gasteiger partial charge in [0.05, 0.1) is 6.10 Å². The van der Waals surface area contributed by atoms with Crippen LogP contribution in [-0.4, -0.2) is 77.0 Å². The zero-order valence-corrected chi connectivity index (χ0v) is 25.5. The number of carbonyl (C=O) groups is 3. The maximum Gasteiger partial charge on any atom is 0.246 e. The Labute approximate surface area is 252 Å². The lowest BCUT2D eigenvalue weighted by Gasteiger charge is -2.37. The summed E-state index contributed by atoms with van der Waals surface area (Å²) in [5.74, 6) is -0.985. The van der Waals surface area contributed by atoms with Crippen LogP contribution < -0.4 is 11.1 Å². The number of likely N-dealkylation sites (N-methyl/N-ethyl adjacent to an activating group) is 2. The molecule has 3 amide bonds. The first-order valence-electron chi connectivity index (χ1n) is 14.5. The number of nitrogens with two attached hydrogens (primary N) is 1. The van der Waals surface area contributed by atoms with Crippen molar-refractivity contribution in [1.29, 1.82) is 0 Å². The van der Waals surface area contributed by atoms with Crippen LogP contribution in [0.1, 0.15) is 43.0 Å². The number of aliphatic hydroxyl groups is 1. The second-order valence-electron chi connectivity index (χ2n) is 11.5. The van der Waals surface area contributed by atoms with E-state index in [2.05, 4.69) is 5.32 Å². The molecule has 4 rings (SSSR count). The van der Waals surface area contributed by atoms with Crippen LogP contribution in [-0.2, 0) is 27.2 Å². The lowest BCUT2D eigenvalue weighted by Crippen LogP contribution is -2.56. The highest BCUT2D eigenvalue weighted by molar-refractivity contribution is 7.09. The maximum atomic E-state index is 14.2. The number of hydrogen-bond donors (Lipinski definition) is 3. The van der Waals surface area contributed by atoms with Gasteiger partial charge in [0.1, 0.15) is 12.1 Å². The summed E-state index contributed by atoms with van der Waals surface area (Å²) in [6, 6.07) is 16.2. The minimum absolute atomic E-state index is 0.0775. The normalized spacial score (nSPS) is 16.4. The van der Waals surface area contributed by atoms with Gasteiger partial charge in [-0.15, -0.1) is 11.3 Å². The number of thiophene rings is 1. The SMILES string of the molecule is C[C@@H](O)CNC(=O)[C@@H](Cc1cccs1)N(C)C(=O)[C@@H](Cc1ccc2ccccc2c1)N(C)C(=O)/C=C/CC1(N)CCC1. The molecular formula is C33H42N4O4S. The summed E-state index contributed by atoms with van der Waals surface area (Å²) in [6.45, 7) is 1.67. The standard InChI is InChI=1S/C33H42N4O4S/c1-23(38)22-35-31(40)28(21-27-11-7-18-42-27)37(3)32(41)29(20-24-13-14-25-9-4-5-10-26(25)19-24)36(2)30(39)12-6-15-33(34)16-8-17-33/h4-7,9-14,18-19,23,28-29,38H,8,15-17,20-22,34H2,1-3H3,(H,35,40)/b12-6+/t23-,28-,29-/m1/s1. The molecule has 0 unspecified atom stereocenters. The summed E-state index contributed by atoms with van der Waals surface area (Å²) in [5.41, 5.74) is 7.00. The molecule has 1 heterocycles.